The van der Waals surface area contributed by atoms with Gasteiger partial charge in [-0.3, -0.25) is 4.72 Å². The van der Waals surface area contributed by atoms with E-state index in [1.165, 1.54) is 4.90 Å². The topological polar surface area (TPSA) is 90.0 Å². The molecule has 0 aromatic heterocycles. The third-order valence-corrected chi connectivity index (χ3v) is 5.40. The highest BCUT2D eigenvalue weighted by molar-refractivity contribution is 7.93. The average Bonchev–Trinajstić information content (AvgIpc) is 2.47. The molecule has 2 rings (SSSR count). The van der Waals surface area contributed by atoms with Crippen LogP contribution in [-0.2, 0) is 10.0 Å². The first-order valence-electron chi connectivity index (χ1n) is 7.14. The summed E-state index contributed by atoms with van der Waals surface area (Å²) in [6.45, 7) is 5.31. The molecule has 0 saturated carbocycles. The highest BCUT2D eigenvalue weighted by atomic mass is 32.2. The van der Waals surface area contributed by atoms with Crippen LogP contribution in [0.25, 0.3) is 0 Å². The molecule has 1 saturated heterocycles. The number of hydrogen-bond acceptors (Lipinski definition) is 4. The number of anilines is 2. The molecule has 1 aliphatic rings. The average molecular weight is 327 g/mol. The standard InChI is InChI=1S/C14H21N3O4S/c1-11(2)22(20,21)15-12-4-3-5-13(10-12)16-6-8-17(9-7-16)14(18)19/h3-5,10-11,15H,6-9H2,1-2H3,(H,18,19). The monoisotopic (exact) mass is 327 g/mol. The molecular formula is C14H21N3O4S. The van der Waals surface area contributed by atoms with Crippen molar-refractivity contribution < 1.29 is 18.3 Å². The minimum absolute atomic E-state index is 0.442. The van der Waals surface area contributed by atoms with Gasteiger partial charge in [0.15, 0.2) is 0 Å². The Kier molecular flexibility index (Phi) is 4.80. The van der Waals surface area contributed by atoms with E-state index >= 15 is 0 Å². The van der Waals surface area contributed by atoms with E-state index in [1.807, 2.05) is 11.0 Å². The van der Waals surface area contributed by atoms with Crippen LogP contribution in [0.3, 0.4) is 0 Å². The van der Waals surface area contributed by atoms with Crippen molar-refractivity contribution in [3.8, 4) is 0 Å². The van der Waals surface area contributed by atoms with Gasteiger partial charge in [-0.2, -0.15) is 0 Å². The maximum atomic E-state index is 11.9. The zero-order valence-corrected chi connectivity index (χ0v) is 13.5. The number of nitrogens with one attached hydrogen (secondary N) is 1. The number of piperazine rings is 1. The summed E-state index contributed by atoms with van der Waals surface area (Å²) in [5.74, 6) is 0. The van der Waals surface area contributed by atoms with Gasteiger partial charge in [-0.1, -0.05) is 6.07 Å². The summed E-state index contributed by atoms with van der Waals surface area (Å²) in [5.41, 5.74) is 1.40. The molecule has 122 valence electrons. The van der Waals surface area contributed by atoms with Crippen molar-refractivity contribution in [3.05, 3.63) is 24.3 Å². The Hall–Kier alpha value is -1.96. The number of amides is 1. The number of benzene rings is 1. The number of nitrogens with zero attached hydrogens (tertiary/aromatic N) is 2. The maximum absolute atomic E-state index is 11.9. The van der Waals surface area contributed by atoms with Crippen LogP contribution in [0.5, 0.6) is 0 Å². The molecule has 1 fully saturated rings. The van der Waals surface area contributed by atoms with Crippen molar-refractivity contribution in [2.24, 2.45) is 0 Å². The minimum Gasteiger partial charge on any atom is -0.465 e. The number of rotatable bonds is 4. The molecule has 0 unspecified atom stereocenters. The predicted octanol–water partition coefficient (Wildman–Crippen LogP) is 1.64. The van der Waals surface area contributed by atoms with E-state index < -0.39 is 21.4 Å². The summed E-state index contributed by atoms with van der Waals surface area (Å²) in [7, 11) is -3.37. The van der Waals surface area contributed by atoms with Crippen molar-refractivity contribution in [2.75, 3.05) is 35.8 Å². The second-order valence-corrected chi connectivity index (χ2v) is 7.74. The summed E-state index contributed by atoms with van der Waals surface area (Å²) >= 11 is 0. The molecule has 1 aromatic rings. The first kappa shape index (κ1) is 16.4. The second-order valence-electron chi connectivity index (χ2n) is 5.50. The molecular weight excluding hydrogens is 306 g/mol. The van der Waals surface area contributed by atoms with Gasteiger partial charge in [0.1, 0.15) is 0 Å². The van der Waals surface area contributed by atoms with E-state index in [4.69, 9.17) is 5.11 Å². The molecule has 0 aliphatic carbocycles. The Morgan fingerprint density at radius 2 is 1.86 bits per heavy atom. The lowest BCUT2D eigenvalue weighted by Gasteiger charge is -2.34. The molecule has 1 aliphatic heterocycles. The summed E-state index contributed by atoms with van der Waals surface area (Å²) in [4.78, 5) is 14.3. The van der Waals surface area contributed by atoms with E-state index in [0.29, 0.717) is 31.9 Å². The number of carboxylic acid groups (broad SMARTS) is 1. The Morgan fingerprint density at radius 1 is 1.23 bits per heavy atom. The van der Waals surface area contributed by atoms with Gasteiger partial charge in [0.2, 0.25) is 10.0 Å². The first-order chi connectivity index (χ1) is 10.3. The highest BCUT2D eigenvalue weighted by Gasteiger charge is 2.21. The van der Waals surface area contributed by atoms with Crippen LogP contribution in [-0.4, -0.2) is 55.9 Å². The van der Waals surface area contributed by atoms with Crippen molar-refractivity contribution in [2.45, 2.75) is 19.1 Å². The molecule has 1 aromatic carbocycles. The quantitative estimate of drug-likeness (QED) is 0.877. The summed E-state index contributed by atoms with van der Waals surface area (Å²) in [6.07, 6.45) is -0.905. The van der Waals surface area contributed by atoms with Crippen molar-refractivity contribution in [1.82, 2.24) is 4.90 Å². The zero-order valence-electron chi connectivity index (χ0n) is 12.7. The van der Waals surface area contributed by atoms with E-state index in [2.05, 4.69) is 4.72 Å². The largest absolute Gasteiger partial charge is 0.465 e. The molecule has 2 N–H and O–H groups in total. The second kappa shape index (κ2) is 6.43. The molecule has 0 radical (unpaired) electrons. The Balaban J connectivity index is 2.08. The molecule has 22 heavy (non-hydrogen) atoms. The first-order valence-corrected chi connectivity index (χ1v) is 8.69. The SMILES string of the molecule is CC(C)S(=O)(=O)Nc1cccc(N2CCN(C(=O)O)CC2)c1. The molecule has 1 amide bonds. The summed E-state index contributed by atoms with van der Waals surface area (Å²) in [5, 5.41) is 8.45. The van der Waals surface area contributed by atoms with E-state index in [0.717, 1.165) is 5.69 Å². The van der Waals surface area contributed by atoms with Gasteiger partial charge < -0.3 is 14.9 Å². The van der Waals surface area contributed by atoms with Crippen LogP contribution in [0.15, 0.2) is 24.3 Å². The smallest absolute Gasteiger partial charge is 0.407 e. The minimum atomic E-state index is -3.37. The molecule has 1 heterocycles. The van der Waals surface area contributed by atoms with Crippen LogP contribution in [0.4, 0.5) is 16.2 Å². The normalized spacial score (nSPS) is 16.0. The van der Waals surface area contributed by atoms with Gasteiger partial charge in [-0.25, -0.2) is 13.2 Å². The molecule has 7 nitrogen and oxygen atoms in total. The molecule has 8 heteroatoms. The van der Waals surface area contributed by atoms with Crippen LogP contribution < -0.4 is 9.62 Å². The van der Waals surface area contributed by atoms with E-state index in [1.54, 1.807) is 32.0 Å². The van der Waals surface area contributed by atoms with Gasteiger partial charge in [-0.15, -0.1) is 0 Å². The fraction of sp³-hybridized carbons (Fsp3) is 0.500. The number of sulfonamides is 1. The fourth-order valence-corrected chi connectivity index (χ4v) is 2.90. The lowest BCUT2D eigenvalue weighted by molar-refractivity contribution is 0.142. The number of carbonyl (C=O) groups is 1. The third kappa shape index (κ3) is 3.82. The lowest BCUT2D eigenvalue weighted by atomic mass is 10.2. The molecule has 0 bridgehead atoms. The van der Waals surface area contributed by atoms with Crippen molar-refractivity contribution in [3.63, 3.8) is 0 Å². The predicted molar refractivity (Wildman–Crippen MR) is 85.9 cm³/mol. The van der Waals surface area contributed by atoms with Gasteiger partial charge in [0.25, 0.3) is 0 Å². The molecule has 0 atom stereocenters. The zero-order chi connectivity index (χ0) is 16.3. The Bertz CT molecular complexity index is 637. The fourth-order valence-electron chi connectivity index (χ4n) is 2.20. The van der Waals surface area contributed by atoms with Crippen molar-refractivity contribution >= 4 is 27.5 Å². The van der Waals surface area contributed by atoms with Crippen molar-refractivity contribution in [1.29, 1.82) is 0 Å². The maximum Gasteiger partial charge on any atom is 0.407 e. The van der Waals surface area contributed by atoms with Crippen LogP contribution in [0.1, 0.15) is 13.8 Å². The van der Waals surface area contributed by atoms with E-state index in [9.17, 15) is 13.2 Å². The lowest BCUT2D eigenvalue weighted by Crippen LogP contribution is -2.48. The highest BCUT2D eigenvalue weighted by Crippen LogP contribution is 2.22. The number of hydrogen-bond donors (Lipinski definition) is 2. The molecule has 0 spiro atoms. The third-order valence-electron chi connectivity index (χ3n) is 3.64. The van der Waals surface area contributed by atoms with Crippen LogP contribution in [0.2, 0.25) is 0 Å². The van der Waals surface area contributed by atoms with Crippen LogP contribution in [0, 0.1) is 0 Å². The Morgan fingerprint density at radius 3 is 2.41 bits per heavy atom. The Labute approximate surface area is 130 Å². The van der Waals surface area contributed by atoms with Gasteiger partial charge in [0.05, 0.1) is 10.9 Å². The van der Waals surface area contributed by atoms with Gasteiger partial charge in [0, 0.05) is 31.9 Å². The van der Waals surface area contributed by atoms with E-state index in [-0.39, 0.29) is 0 Å². The van der Waals surface area contributed by atoms with Crippen LogP contribution >= 0.6 is 0 Å². The summed E-state index contributed by atoms with van der Waals surface area (Å²) in [6, 6.07) is 7.16. The van der Waals surface area contributed by atoms with Gasteiger partial charge in [-0.05, 0) is 32.0 Å². The van der Waals surface area contributed by atoms with Gasteiger partial charge >= 0.3 is 6.09 Å². The summed E-state index contributed by atoms with van der Waals surface area (Å²) < 4.78 is 26.4.